The number of ketones is 1. The zero-order valence-corrected chi connectivity index (χ0v) is 16.7. The number of nitrogens with zero attached hydrogens (tertiary/aromatic N) is 2. The second kappa shape index (κ2) is 7.56. The zero-order chi connectivity index (χ0) is 19.7. The molecule has 0 aliphatic heterocycles. The average Bonchev–Trinajstić information content (AvgIpc) is 2.58. The van der Waals surface area contributed by atoms with Crippen molar-refractivity contribution in [2.24, 2.45) is 0 Å². The van der Waals surface area contributed by atoms with Crippen molar-refractivity contribution in [1.29, 1.82) is 0 Å². The van der Waals surface area contributed by atoms with Crippen molar-refractivity contribution < 1.29 is 9.00 Å². The molecule has 2 aromatic heterocycles. The number of pyridine rings is 1. The van der Waals surface area contributed by atoms with E-state index in [1.807, 2.05) is 32.9 Å². The third-order valence-corrected chi connectivity index (χ3v) is 5.95. The topological polar surface area (TPSA) is 68.5 Å². The maximum absolute atomic E-state index is 12.8. The number of carbonyl (C=O) groups excluding carboxylic acids is 1. The highest BCUT2D eigenvalue weighted by molar-refractivity contribution is 7.83. The third-order valence-electron chi connectivity index (χ3n) is 4.72. The van der Waals surface area contributed by atoms with E-state index in [0.717, 1.165) is 22.3 Å². The Kier molecular flexibility index (Phi) is 5.37. The average molecular weight is 382 g/mol. The van der Waals surface area contributed by atoms with E-state index in [2.05, 4.69) is 4.98 Å². The summed E-state index contributed by atoms with van der Waals surface area (Å²) in [5, 5.41) is 0. The van der Waals surface area contributed by atoms with Crippen molar-refractivity contribution in [3.63, 3.8) is 0 Å². The molecule has 5 nitrogen and oxygen atoms in total. The van der Waals surface area contributed by atoms with Gasteiger partial charge < -0.3 is 0 Å². The monoisotopic (exact) mass is 382 g/mol. The van der Waals surface area contributed by atoms with E-state index < -0.39 is 10.8 Å². The lowest BCUT2D eigenvalue weighted by atomic mass is 9.92. The first kappa shape index (κ1) is 19.2. The van der Waals surface area contributed by atoms with Crippen LogP contribution in [0.2, 0.25) is 0 Å². The van der Waals surface area contributed by atoms with Crippen LogP contribution < -0.4 is 5.56 Å². The molecule has 0 saturated heterocycles. The minimum Gasteiger partial charge on any atom is -0.294 e. The smallest absolute Gasteiger partial charge is 0.258 e. The van der Waals surface area contributed by atoms with Crippen molar-refractivity contribution in [2.45, 2.75) is 39.2 Å². The van der Waals surface area contributed by atoms with Gasteiger partial charge in [-0.2, -0.15) is 0 Å². The molecule has 27 heavy (non-hydrogen) atoms. The molecule has 3 aromatic rings. The molecule has 0 saturated carbocycles. The molecule has 6 heteroatoms. The number of Topliss-reactive ketones (excluding diaryl/α,β-unsaturated/α-hetero) is 1. The Labute approximate surface area is 160 Å². The Morgan fingerprint density at radius 3 is 2.56 bits per heavy atom. The molecule has 2 heterocycles. The van der Waals surface area contributed by atoms with Crippen LogP contribution in [-0.4, -0.2) is 19.4 Å². The number of hydrogen-bond acceptors (Lipinski definition) is 4. The molecule has 0 aliphatic rings. The van der Waals surface area contributed by atoms with Gasteiger partial charge in [0.05, 0.1) is 11.4 Å². The molecule has 0 radical (unpaired) electrons. The summed E-state index contributed by atoms with van der Waals surface area (Å²) < 4.78 is 14.2. The van der Waals surface area contributed by atoms with Gasteiger partial charge in [-0.25, -0.2) is 4.98 Å². The Bertz CT molecular complexity index is 1130. The van der Waals surface area contributed by atoms with Gasteiger partial charge in [0.15, 0.2) is 5.78 Å². The van der Waals surface area contributed by atoms with Crippen LogP contribution in [0, 0.1) is 20.8 Å². The van der Waals surface area contributed by atoms with Gasteiger partial charge in [-0.05, 0) is 62.1 Å². The van der Waals surface area contributed by atoms with Crippen LogP contribution in [0.25, 0.3) is 5.65 Å². The summed E-state index contributed by atoms with van der Waals surface area (Å²) in [6, 6.07) is 8.73. The third kappa shape index (κ3) is 3.90. The highest BCUT2D eigenvalue weighted by atomic mass is 32.2. The molecule has 1 aromatic carbocycles. The van der Waals surface area contributed by atoms with Gasteiger partial charge >= 0.3 is 0 Å². The van der Waals surface area contributed by atoms with E-state index >= 15 is 0 Å². The zero-order valence-electron chi connectivity index (χ0n) is 15.9. The highest BCUT2D eigenvalue weighted by Gasteiger charge is 2.16. The van der Waals surface area contributed by atoms with Crippen molar-refractivity contribution in [3.8, 4) is 0 Å². The van der Waals surface area contributed by atoms with Gasteiger partial charge in [0.1, 0.15) is 5.65 Å². The molecule has 0 N–H and O–H groups in total. The van der Waals surface area contributed by atoms with Crippen LogP contribution >= 0.6 is 0 Å². The predicted molar refractivity (Wildman–Crippen MR) is 108 cm³/mol. The number of aromatic nitrogens is 2. The lowest BCUT2D eigenvalue weighted by Gasteiger charge is -2.15. The molecular formula is C21H22N2O3S. The van der Waals surface area contributed by atoms with Crippen molar-refractivity contribution >= 4 is 22.2 Å². The fraction of sp³-hybridized carbons (Fsp3) is 0.286. The molecule has 0 spiro atoms. The summed E-state index contributed by atoms with van der Waals surface area (Å²) in [6.07, 6.45) is 1.66. The van der Waals surface area contributed by atoms with Crippen LogP contribution in [0.4, 0.5) is 0 Å². The number of benzene rings is 1. The van der Waals surface area contributed by atoms with Crippen LogP contribution in [0.1, 0.15) is 45.2 Å². The number of fused-ring (bicyclic) bond motifs is 1. The van der Waals surface area contributed by atoms with Crippen LogP contribution in [0.15, 0.2) is 41.3 Å². The van der Waals surface area contributed by atoms with Gasteiger partial charge in [0, 0.05) is 34.4 Å². The fourth-order valence-corrected chi connectivity index (χ4v) is 4.89. The van der Waals surface area contributed by atoms with Crippen LogP contribution in [0.3, 0.4) is 0 Å². The summed E-state index contributed by atoms with van der Waals surface area (Å²) in [7, 11) is -1.24. The van der Waals surface area contributed by atoms with E-state index in [4.69, 9.17) is 0 Å². The molecular weight excluding hydrogens is 360 g/mol. The number of rotatable bonds is 5. The molecule has 0 aliphatic carbocycles. The van der Waals surface area contributed by atoms with Crippen LogP contribution in [0.5, 0.6) is 0 Å². The van der Waals surface area contributed by atoms with Gasteiger partial charge in [-0.1, -0.05) is 12.1 Å². The Hall–Kier alpha value is -2.60. The SMILES string of the molecule is CC(=O)c1c(C)cc(C)c(C[S@@](=O)Cc2cc(=O)n3ccccc3n2)c1C. The molecule has 3 rings (SSSR count). The van der Waals surface area contributed by atoms with Gasteiger partial charge in [-0.3, -0.25) is 18.2 Å². The molecule has 0 unspecified atom stereocenters. The molecule has 0 amide bonds. The van der Waals surface area contributed by atoms with Gasteiger partial charge in [0.25, 0.3) is 5.56 Å². The quantitative estimate of drug-likeness (QED) is 0.635. The minimum atomic E-state index is -1.24. The van der Waals surface area contributed by atoms with E-state index in [9.17, 15) is 13.8 Å². The fourth-order valence-electron chi connectivity index (χ4n) is 3.54. The lowest BCUT2D eigenvalue weighted by Crippen LogP contribution is -2.16. The van der Waals surface area contributed by atoms with E-state index in [-0.39, 0.29) is 17.1 Å². The Morgan fingerprint density at radius 2 is 1.85 bits per heavy atom. The first-order valence-electron chi connectivity index (χ1n) is 8.71. The Morgan fingerprint density at radius 1 is 1.11 bits per heavy atom. The Balaban J connectivity index is 1.90. The summed E-state index contributed by atoms with van der Waals surface area (Å²) in [5.74, 6) is 0.540. The summed E-state index contributed by atoms with van der Waals surface area (Å²) in [4.78, 5) is 28.6. The molecule has 0 bridgehead atoms. The molecule has 0 fully saturated rings. The second-order valence-electron chi connectivity index (χ2n) is 6.79. The number of carbonyl (C=O) groups is 1. The van der Waals surface area contributed by atoms with E-state index in [0.29, 0.717) is 22.7 Å². The highest BCUT2D eigenvalue weighted by Crippen LogP contribution is 2.24. The number of aryl methyl sites for hydroxylation is 2. The standard InChI is InChI=1S/C21H22N2O3S/c1-13-9-14(2)21(16(4)24)15(3)18(13)12-27(26)11-17-10-20(25)23-8-6-5-7-19(23)22-17/h5-10H,11-12H2,1-4H3/t27-/m0/s1. The predicted octanol–water partition coefficient (Wildman–Crippen LogP) is 3.27. The summed E-state index contributed by atoms with van der Waals surface area (Å²) in [6.45, 7) is 7.35. The van der Waals surface area contributed by atoms with E-state index in [1.165, 1.54) is 10.5 Å². The van der Waals surface area contributed by atoms with Crippen molar-refractivity contribution in [2.75, 3.05) is 0 Å². The van der Waals surface area contributed by atoms with E-state index in [1.54, 1.807) is 25.3 Å². The minimum absolute atomic E-state index is 0.0150. The van der Waals surface area contributed by atoms with Crippen molar-refractivity contribution in [3.05, 3.63) is 80.4 Å². The first-order valence-corrected chi connectivity index (χ1v) is 10.2. The molecule has 140 valence electrons. The largest absolute Gasteiger partial charge is 0.294 e. The normalized spacial score (nSPS) is 12.3. The van der Waals surface area contributed by atoms with Gasteiger partial charge in [0.2, 0.25) is 0 Å². The molecule has 1 atom stereocenters. The van der Waals surface area contributed by atoms with Crippen molar-refractivity contribution in [1.82, 2.24) is 9.38 Å². The maximum atomic E-state index is 12.8. The number of hydrogen-bond donors (Lipinski definition) is 0. The second-order valence-corrected chi connectivity index (χ2v) is 8.25. The van der Waals surface area contributed by atoms with Gasteiger partial charge in [-0.15, -0.1) is 0 Å². The summed E-state index contributed by atoms with van der Waals surface area (Å²) in [5.41, 5.74) is 5.36. The van der Waals surface area contributed by atoms with Crippen LogP contribution in [-0.2, 0) is 22.3 Å². The maximum Gasteiger partial charge on any atom is 0.258 e. The summed E-state index contributed by atoms with van der Waals surface area (Å²) >= 11 is 0. The lowest BCUT2D eigenvalue weighted by molar-refractivity contribution is 0.101. The first-order chi connectivity index (χ1) is 12.8.